The molecule has 0 unspecified atom stereocenters. The van der Waals surface area contributed by atoms with Gasteiger partial charge < -0.3 is 21.0 Å². The van der Waals surface area contributed by atoms with Crippen molar-refractivity contribution in [2.45, 2.75) is 25.1 Å². The lowest BCUT2D eigenvalue weighted by Crippen LogP contribution is -2.53. The van der Waals surface area contributed by atoms with Crippen LogP contribution >= 0.6 is 0 Å². The number of carbonyl (C=O) groups is 2. The first-order valence-electron chi connectivity index (χ1n) is 10.0. The fourth-order valence-corrected chi connectivity index (χ4v) is 3.72. The molecule has 0 radical (unpaired) electrons. The highest BCUT2D eigenvalue weighted by Crippen LogP contribution is 2.21. The summed E-state index contributed by atoms with van der Waals surface area (Å²) >= 11 is 0. The molecule has 3 rings (SSSR count). The van der Waals surface area contributed by atoms with E-state index in [1.165, 1.54) is 0 Å². The number of rotatable bonds is 5. The molecule has 10 nitrogen and oxygen atoms in total. The summed E-state index contributed by atoms with van der Waals surface area (Å²) in [5.41, 5.74) is 1.89. The number of hydrogen-bond donors (Lipinski definition) is 3. The minimum atomic E-state index is -5.08. The van der Waals surface area contributed by atoms with E-state index in [0.717, 1.165) is 63.5 Å². The Balaban J connectivity index is 0.000000451. The van der Waals surface area contributed by atoms with Crippen LogP contribution in [-0.2, 0) is 9.59 Å². The van der Waals surface area contributed by atoms with Crippen molar-refractivity contribution in [2.24, 2.45) is 10.9 Å². The fourth-order valence-electron chi connectivity index (χ4n) is 3.72. The van der Waals surface area contributed by atoms with Crippen molar-refractivity contribution in [2.75, 3.05) is 50.7 Å². The number of aliphatic carboxylic acids is 2. The largest absolute Gasteiger partial charge is 0.490 e. The maximum Gasteiger partial charge on any atom is 0.490 e. The summed E-state index contributed by atoms with van der Waals surface area (Å²) in [6, 6.07) is 4.56. The highest BCUT2D eigenvalue weighted by atomic mass is 19.4. The van der Waals surface area contributed by atoms with Gasteiger partial charge in [0, 0.05) is 45.3 Å². The van der Waals surface area contributed by atoms with Crippen molar-refractivity contribution >= 4 is 23.8 Å². The first kappa shape index (κ1) is 25.3. The number of piperazine rings is 1. The number of halogens is 3. The zero-order chi connectivity index (χ0) is 23.7. The molecule has 0 aliphatic carbocycles. The van der Waals surface area contributed by atoms with Gasteiger partial charge in [0.25, 0.3) is 0 Å². The van der Waals surface area contributed by atoms with E-state index >= 15 is 0 Å². The number of aromatic nitrogens is 1. The van der Waals surface area contributed by atoms with Gasteiger partial charge in [-0.2, -0.15) is 18.3 Å². The Morgan fingerprint density at radius 1 is 1.12 bits per heavy atom. The van der Waals surface area contributed by atoms with Crippen molar-refractivity contribution < 1.29 is 33.0 Å². The molecule has 3 heterocycles. The average molecular weight is 460 g/mol. The minimum absolute atomic E-state index is 0.165. The number of hydrazone groups is 1. The number of alkyl halides is 3. The molecule has 2 saturated heterocycles. The van der Waals surface area contributed by atoms with Crippen LogP contribution in [0.1, 0.15) is 18.5 Å². The quantitative estimate of drug-likeness (QED) is 0.329. The first-order chi connectivity index (χ1) is 15.1. The summed E-state index contributed by atoms with van der Waals surface area (Å²) in [4.78, 5) is 31.0. The monoisotopic (exact) mass is 460 g/mol. The molecule has 32 heavy (non-hydrogen) atoms. The zero-order valence-corrected chi connectivity index (χ0v) is 17.4. The molecule has 178 valence electrons. The normalized spacial score (nSPS) is 18.9. The molecular weight excluding hydrogens is 433 g/mol. The van der Waals surface area contributed by atoms with Crippen molar-refractivity contribution in [1.29, 1.82) is 0 Å². The van der Waals surface area contributed by atoms with E-state index in [1.807, 2.05) is 17.2 Å². The van der Waals surface area contributed by atoms with Gasteiger partial charge in [0.1, 0.15) is 0 Å². The van der Waals surface area contributed by atoms with Crippen LogP contribution in [0.5, 0.6) is 0 Å². The molecule has 0 amide bonds. The minimum Gasteiger partial charge on any atom is -0.480 e. The third-order valence-corrected chi connectivity index (χ3v) is 5.33. The first-order valence-corrected chi connectivity index (χ1v) is 10.0. The molecule has 1 aromatic rings. The van der Waals surface area contributed by atoms with Crippen LogP contribution in [0, 0.1) is 0 Å². The number of nitrogens with zero attached hydrogens (tertiary/aromatic N) is 5. The van der Waals surface area contributed by atoms with E-state index in [4.69, 9.17) is 20.9 Å². The number of piperidine rings is 1. The summed E-state index contributed by atoms with van der Waals surface area (Å²) in [7, 11) is 0. The highest BCUT2D eigenvalue weighted by molar-refractivity contribution is 5.77. The van der Waals surface area contributed by atoms with Crippen LogP contribution in [0.4, 0.5) is 18.9 Å². The number of nitrogens with two attached hydrogens (primary N) is 1. The van der Waals surface area contributed by atoms with Crippen LogP contribution < -0.4 is 10.7 Å². The molecule has 2 aliphatic rings. The molecule has 0 spiro atoms. The van der Waals surface area contributed by atoms with Gasteiger partial charge in [-0.25, -0.2) is 4.79 Å². The number of carboxylic acids is 2. The number of carboxylic acid groups (broad SMARTS) is 2. The van der Waals surface area contributed by atoms with Gasteiger partial charge in [0.2, 0.25) is 0 Å². The Labute approximate surface area is 183 Å². The molecule has 2 aliphatic heterocycles. The molecule has 0 aromatic carbocycles. The lowest BCUT2D eigenvalue weighted by molar-refractivity contribution is -0.192. The summed E-state index contributed by atoms with van der Waals surface area (Å²) in [5, 5.41) is 19.5. The van der Waals surface area contributed by atoms with Gasteiger partial charge in [-0.3, -0.25) is 19.6 Å². The second-order valence-corrected chi connectivity index (χ2v) is 7.45. The van der Waals surface area contributed by atoms with Crippen molar-refractivity contribution in [3.63, 3.8) is 0 Å². The average Bonchev–Trinajstić information content (AvgIpc) is 2.75. The van der Waals surface area contributed by atoms with Gasteiger partial charge in [-0.15, -0.1) is 0 Å². The SMILES string of the molecule is NN=Cc1ccc(N2CCN(C3CCN(CC(=O)O)CC3)CC2)cn1.O=C(O)C(F)(F)F. The van der Waals surface area contributed by atoms with Gasteiger partial charge in [0.15, 0.2) is 0 Å². The Morgan fingerprint density at radius 2 is 1.72 bits per heavy atom. The number of hydrogen-bond acceptors (Lipinski definition) is 8. The summed E-state index contributed by atoms with van der Waals surface area (Å²) in [6.07, 6.45) is 0.444. The van der Waals surface area contributed by atoms with Gasteiger partial charge in [0.05, 0.1) is 30.3 Å². The van der Waals surface area contributed by atoms with E-state index in [2.05, 4.69) is 26.0 Å². The van der Waals surface area contributed by atoms with E-state index in [9.17, 15) is 18.0 Å². The van der Waals surface area contributed by atoms with Crippen LogP contribution in [0.3, 0.4) is 0 Å². The Kier molecular flexibility index (Phi) is 9.20. The topological polar surface area (TPSA) is 136 Å². The van der Waals surface area contributed by atoms with E-state index < -0.39 is 18.1 Å². The maximum atomic E-state index is 10.8. The molecule has 4 N–H and O–H groups in total. The Bertz CT molecular complexity index is 774. The number of likely N-dealkylation sites (tertiary alicyclic amines) is 1. The predicted octanol–water partition coefficient (Wildman–Crippen LogP) is 0.679. The van der Waals surface area contributed by atoms with E-state index in [-0.39, 0.29) is 6.54 Å². The predicted molar refractivity (Wildman–Crippen MR) is 111 cm³/mol. The smallest absolute Gasteiger partial charge is 0.480 e. The van der Waals surface area contributed by atoms with Crippen molar-refractivity contribution in [1.82, 2.24) is 14.8 Å². The van der Waals surface area contributed by atoms with Crippen molar-refractivity contribution in [3.8, 4) is 0 Å². The highest BCUT2D eigenvalue weighted by Gasteiger charge is 2.38. The van der Waals surface area contributed by atoms with Gasteiger partial charge in [-0.1, -0.05) is 0 Å². The third-order valence-electron chi connectivity index (χ3n) is 5.33. The molecule has 2 fully saturated rings. The lowest BCUT2D eigenvalue weighted by Gasteiger charge is -2.43. The van der Waals surface area contributed by atoms with E-state index in [0.29, 0.717) is 6.04 Å². The number of anilines is 1. The molecule has 0 bridgehead atoms. The summed E-state index contributed by atoms with van der Waals surface area (Å²) < 4.78 is 31.7. The number of pyridine rings is 1. The molecule has 0 atom stereocenters. The Morgan fingerprint density at radius 3 is 2.16 bits per heavy atom. The molecular formula is C19H27F3N6O4. The standard InChI is InChI=1S/C17H26N6O2.C2HF3O2/c18-20-11-14-1-2-16(12-19-14)23-9-7-22(8-10-23)15-3-5-21(6-4-15)13-17(24)25;3-2(4,5)1(6)7/h1-2,11-12,15H,3-10,13,18H2,(H,24,25);(H,6,7). The summed E-state index contributed by atoms with van der Waals surface area (Å²) in [6.45, 7) is 5.97. The van der Waals surface area contributed by atoms with E-state index in [1.54, 1.807) is 6.21 Å². The lowest BCUT2D eigenvalue weighted by atomic mass is 10.0. The van der Waals surface area contributed by atoms with Gasteiger partial charge >= 0.3 is 18.1 Å². The van der Waals surface area contributed by atoms with Crippen LogP contribution in [-0.4, -0.2) is 101 Å². The summed E-state index contributed by atoms with van der Waals surface area (Å²) in [5.74, 6) is 1.65. The fraction of sp³-hybridized carbons (Fsp3) is 0.579. The molecule has 1 aromatic heterocycles. The van der Waals surface area contributed by atoms with Gasteiger partial charge in [-0.05, 0) is 25.0 Å². The second-order valence-electron chi connectivity index (χ2n) is 7.45. The Hall–Kier alpha value is -2.93. The zero-order valence-electron chi connectivity index (χ0n) is 17.4. The molecule has 13 heteroatoms. The van der Waals surface area contributed by atoms with Crippen LogP contribution in [0.15, 0.2) is 23.4 Å². The molecule has 0 saturated carbocycles. The third kappa shape index (κ3) is 7.96. The van der Waals surface area contributed by atoms with Crippen molar-refractivity contribution in [3.05, 3.63) is 24.0 Å². The van der Waals surface area contributed by atoms with Crippen LogP contribution in [0.25, 0.3) is 0 Å². The van der Waals surface area contributed by atoms with Crippen LogP contribution in [0.2, 0.25) is 0 Å². The maximum absolute atomic E-state index is 10.8. The second kappa shape index (κ2) is 11.6.